The van der Waals surface area contributed by atoms with Gasteiger partial charge in [0.1, 0.15) is 11.6 Å². The minimum Gasteiger partial charge on any atom is -0.348 e. The number of nitrogens with zero attached hydrogens (tertiary/aromatic N) is 2. The maximum Gasteiger partial charge on any atom is 0.255 e. The smallest absolute Gasteiger partial charge is 0.255 e. The first-order valence-electron chi connectivity index (χ1n) is 8.28. The van der Waals surface area contributed by atoms with Crippen LogP contribution in [-0.4, -0.2) is 25.8 Å². The number of fused-ring (bicyclic) bond motifs is 1. The van der Waals surface area contributed by atoms with Crippen molar-refractivity contribution in [2.75, 3.05) is 0 Å². The lowest BCUT2D eigenvalue weighted by atomic mass is 10.2. The highest BCUT2D eigenvalue weighted by atomic mass is 16.1. The van der Waals surface area contributed by atoms with E-state index in [1.807, 2.05) is 54.6 Å². The molecule has 0 bridgehead atoms. The summed E-state index contributed by atoms with van der Waals surface area (Å²) in [4.78, 5) is 27.8. The maximum atomic E-state index is 12.8. The SMILES string of the molecule is O=C(NCc1ccccc1)/C(=C\c1ncc[nH]1)c1nc2ccccc2[nH]1. The van der Waals surface area contributed by atoms with Crippen LogP contribution in [0.1, 0.15) is 17.2 Å². The lowest BCUT2D eigenvalue weighted by Crippen LogP contribution is -2.24. The summed E-state index contributed by atoms with van der Waals surface area (Å²) in [6, 6.07) is 17.4. The third-order valence-electron chi connectivity index (χ3n) is 3.99. The van der Waals surface area contributed by atoms with Crippen LogP contribution in [0.2, 0.25) is 0 Å². The molecule has 6 heteroatoms. The molecule has 26 heavy (non-hydrogen) atoms. The monoisotopic (exact) mass is 343 g/mol. The lowest BCUT2D eigenvalue weighted by Gasteiger charge is -2.07. The van der Waals surface area contributed by atoms with Gasteiger partial charge in [0.25, 0.3) is 5.91 Å². The van der Waals surface area contributed by atoms with Crippen LogP contribution in [0.5, 0.6) is 0 Å². The first-order valence-corrected chi connectivity index (χ1v) is 8.28. The van der Waals surface area contributed by atoms with Gasteiger partial charge in [-0.3, -0.25) is 4.79 Å². The van der Waals surface area contributed by atoms with Gasteiger partial charge in [0.2, 0.25) is 0 Å². The number of carbonyl (C=O) groups excluding carboxylic acids is 1. The summed E-state index contributed by atoms with van der Waals surface area (Å²) in [5, 5.41) is 2.95. The number of aromatic amines is 2. The zero-order valence-electron chi connectivity index (χ0n) is 13.9. The van der Waals surface area contributed by atoms with E-state index in [4.69, 9.17) is 0 Å². The molecule has 0 unspecified atom stereocenters. The molecule has 0 atom stereocenters. The predicted octanol–water partition coefficient (Wildman–Crippen LogP) is 3.14. The van der Waals surface area contributed by atoms with Crippen LogP contribution < -0.4 is 5.32 Å². The molecule has 2 heterocycles. The number of aromatic nitrogens is 4. The van der Waals surface area contributed by atoms with E-state index >= 15 is 0 Å². The molecular formula is C20H17N5O. The van der Waals surface area contributed by atoms with Crippen LogP contribution in [0.25, 0.3) is 22.7 Å². The normalized spacial score (nSPS) is 11.6. The number of amides is 1. The lowest BCUT2D eigenvalue weighted by molar-refractivity contribution is -0.115. The van der Waals surface area contributed by atoms with Gasteiger partial charge in [0, 0.05) is 18.9 Å². The molecule has 0 aliphatic carbocycles. The Morgan fingerprint density at radius 2 is 1.88 bits per heavy atom. The molecule has 2 aromatic carbocycles. The van der Waals surface area contributed by atoms with Crippen molar-refractivity contribution in [2.24, 2.45) is 0 Å². The third kappa shape index (κ3) is 3.39. The fourth-order valence-corrected chi connectivity index (χ4v) is 2.69. The maximum absolute atomic E-state index is 12.8. The number of hydrogen-bond acceptors (Lipinski definition) is 3. The van der Waals surface area contributed by atoms with Gasteiger partial charge in [-0.2, -0.15) is 0 Å². The summed E-state index contributed by atoms with van der Waals surface area (Å²) in [7, 11) is 0. The number of rotatable bonds is 5. The first kappa shape index (κ1) is 15.8. The van der Waals surface area contributed by atoms with Gasteiger partial charge in [-0.1, -0.05) is 42.5 Å². The summed E-state index contributed by atoms with van der Waals surface area (Å²) in [5.41, 5.74) is 3.14. The molecule has 0 saturated carbocycles. The molecule has 6 nitrogen and oxygen atoms in total. The van der Waals surface area contributed by atoms with E-state index in [1.165, 1.54) is 0 Å². The number of H-pyrrole nitrogens is 2. The van der Waals surface area contributed by atoms with Gasteiger partial charge in [0.05, 0.1) is 16.6 Å². The van der Waals surface area contributed by atoms with Gasteiger partial charge in [-0.25, -0.2) is 9.97 Å². The van der Waals surface area contributed by atoms with Crippen LogP contribution in [0.3, 0.4) is 0 Å². The molecule has 0 aliphatic rings. The largest absolute Gasteiger partial charge is 0.348 e. The van der Waals surface area contributed by atoms with Crippen molar-refractivity contribution in [2.45, 2.75) is 6.54 Å². The quantitative estimate of drug-likeness (QED) is 0.487. The predicted molar refractivity (Wildman–Crippen MR) is 101 cm³/mol. The Labute approximate surface area is 150 Å². The highest BCUT2D eigenvalue weighted by Gasteiger charge is 2.16. The molecular weight excluding hydrogens is 326 g/mol. The van der Waals surface area contributed by atoms with Crippen LogP contribution in [0.15, 0.2) is 67.0 Å². The van der Waals surface area contributed by atoms with Crippen LogP contribution in [0.4, 0.5) is 0 Å². The van der Waals surface area contributed by atoms with E-state index in [0.29, 0.717) is 23.8 Å². The van der Waals surface area contributed by atoms with Crippen LogP contribution in [0, 0.1) is 0 Å². The summed E-state index contributed by atoms with van der Waals surface area (Å²) in [6.45, 7) is 0.440. The first-order chi connectivity index (χ1) is 12.8. The fraction of sp³-hybridized carbons (Fsp3) is 0.0500. The van der Waals surface area contributed by atoms with E-state index in [0.717, 1.165) is 16.6 Å². The summed E-state index contributed by atoms with van der Waals surface area (Å²) >= 11 is 0. The van der Waals surface area contributed by atoms with Gasteiger partial charge < -0.3 is 15.3 Å². The number of benzene rings is 2. The zero-order valence-corrected chi connectivity index (χ0v) is 13.9. The Hall–Kier alpha value is -3.67. The molecule has 4 aromatic rings. The minimum absolute atomic E-state index is 0.218. The molecule has 0 radical (unpaired) electrons. The average Bonchev–Trinajstić information content (AvgIpc) is 3.34. The second-order valence-corrected chi connectivity index (χ2v) is 5.80. The second kappa shape index (κ2) is 7.06. The van der Waals surface area contributed by atoms with Crippen molar-refractivity contribution in [1.29, 1.82) is 0 Å². The Morgan fingerprint density at radius 1 is 1.08 bits per heavy atom. The Kier molecular flexibility index (Phi) is 4.30. The second-order valence-electron chi connectivity index (χ2n) is 5.80. The molecule has 1 amide bonds. The number of imidazole rings is 2. The van der Waals surface area contributed by atoms with E-state index in [1.54, 1.807) is 18.5 Å². The Bertz CT molecular complexity index is 1020. The number of nitrogens with one attached hydrogen (secondary N) is 3. The molecule has 128 valence electrons. The Morgan fingerprint density at radius 3 is 2.65 bits per heavy atom. The van der Waals surface area contributed by atoms with E-state index < -0.39 is 0 Å². The van der Waals surface area contributed by atoms with Crippen molar-refractivity contribution >= 4 is 28.6 Å². The number of hydrogen-bond donors (Lipinski definition) is 3. The van der Waals surface area contributed by atoms with Crippen molar-refractivity contribution in [1.82, 2.24) is 25.3 Å². The summed E-state index contributed by atoms with van der Waals surface area (Å²) in [5.74, 6) is 0.882. The van der Waals surface area contributed by atoms with Crippen molar-refractivity contribution in [3.05, 3.63) is 84.2 Å². The summed E-state index contributed by atoms with van der Waals surface area (Å²) < 4.78 is 0. The molecule has 0 saturated heterocycles. The molecule has 4 rings (SSSR count). The van der Waals surface area contributed by atoms with Crippen LogP contribution >= 0.6 is 0 Å². The standard InChI is InChI=1S/C20H17N5O/c26-20(23-13-14-6-2-1-3-7-14)15(12-18-21-10-11-22-18)19-24-16-8-4-5-9-17(16)25-19/h1-12H,13H2,(H,21,22)(H,23,26)(H,24,25)/b15-12-. The third-order valence-corrected chi connectivity index (χ3v) is 3.99. The molecule has 0 fully saturated rings. The average molecular weight is 343 g/mol. The highest BCUT2D eigenvalue weighted by Crippen LogP contribution is 2.19. The highest BCUT2D eigenvalue weighted by molar-refractivity contribution is 6.23. The minimum atomic E-state index is -0.218. The zero-order chi connectivity index (χ0) is 17.8. The fourth-order valence-electron chi connectivity index (χ4n) is 2.69. The topological polar surface area (TPSA) is 86.5 Å². The van der Waals surface area contributed by atoms with Crippen molar-refractivity contribution < 1.29 is 4.79 Å². The number of para-hydroxylation sites is 2. The molecule has 0 spiro atoms. The Balaban J connectivity index is 1.65. The van der Waals surface area contributed by atoms with E-state index in [-0.39, 0.29) is 5.91 Å². The van der Waals surface area contributed by atoms with Gasteiger partial charge in [0.15, 0.2) is 0 Å². The molecule has 2 aromatic heterocycles. The van der Waals surface area contributed by atoms with Crippen LogP contribution in [-0.2, 0) is 11.3 Å². The molecule has 0 aliphatic heterocycles. The molecule has 3 N–H and O–H groups in total. The van der Waals surface area contributed by atoms with Crippen molar-refractivity contribution in [3.63, 3.8) is 0 Å². The number of carbonyl (C=O) groups is 1. The van der Waals surface area contributed by atoms with Gasteiger partial charge in [-0.05, 0) is 23.8 Å². The van der Waals surface area contributed by atoms with Gasteiger partial charge in [-0.15, -0.1) is 0 Å². The van der Waals surface area contributed by atoms with Gasteiger partial charge >= 0.3 is 0 Å². The van der Waals surface area contributed by atoms with E-state index in [2.05, 4.69) is 25.3 Å². The van der Waals surface area contributed by atoms with Crippen molar-refractivity contribution in [3.8, 4) is 0 Å². The summed E-state index contributed by atoms with van der Waals surface area (Å²) in [6.07, 6.45) is 5.05. The van der Waals surface area contributed by atoms with E-state index in [9.17, 15) is 4.79 Å².